The lowest BCUT2D eigenvalue weighted by molar-refractivity contribution is -0.214. The summed E-state index contributed by atoms with van der Waals surface area (Å²) in [6, 6.07) is 0. The van der Waals surface area contributed by atoms with Crippen molar-refractivity contribution in [2.45, 2.75) is 157 Å². The second-order valence-electron chi connectivity index (χ2n) is 23.5. The largest absolute Gasteiger partial charge is 0.445 e. The summed E-state index contributed by atoms with van der Waals surface area (Å²) in [6.07, 6.45) is 9.98. The number of carbonyl (C=O) groups excluding carboxylic acids is 4. The molecule has 4 bridgehead atoms. The Balaban J connectivity index is 0.000000238. The third-order valence-corrected chi connectivity index (χ3v) is 20.5. The minimum absolute atomic E-state index is 0.0462. The summed E-state index contributed by atoms with van der Waals surface area (Å²) >= 11 is 12.3. The van der Waals surface area contributed by atoms with Crippen LogP contribution < -0.4 is 5.32 Å². The maximum absolute atomic E-state index is 13.8. The van der Waals surface area contributed by atoms with Gasteiger partial charge in [-0.25, -0.2) is 4.79 Å². The lowest BCUT2D eigenvalue weighted by Gasteiger charge is -2.62. The first kappa shape index (κ1) is 54.4. The molecule has 0 aromatic heterocycles. The molecule has 0 aromatic carbocycles. The summed E-state index contributed by atoms with van der Waals surface area (Å²) in [5.41, 5.74) is 0.586. The van der Waals surface area contributed by atoms with E-state index in [2.05, 4.69) is 72.5 Å². The average molecular weight is 980 g/mol. The highest BCUT2D eigenvalue weighted by molar-refractivity contribution is 6.25. The first-order chi connectivity index (χ1) is 31.5. The van der Waals surface area contributed by atoms with E-state index >= 15 is 0 Å². The predicted octanol–water partition coefficient (Wildman–Crippen LogP) is 9.92. The lowest BCUT2D eigenvalue weighted by atomic mass is 9.44. The van der Waals surface area contributed by atoms with Gasteiger partial charge < -0.3 is 33.7 Å². The van der Waals surface area contributed by atoms with Gasteiger partial charge in [0.05, 0.1) is 24.2 Å². The molecule has 1 heterocycles. The quantitative estimate of drug-likeness (QED) is 0.202. The van der Waals surface area contributed by atoms with Gasteiger partial charge in [0.1, 0.15) is 31.3 Å². The van der Waals surface area contributed by atoms with Gasteiger partial charge in [0.15, 0.2) is 0 Å². The number of ether oxygens (including phenoxy) is 5. The van der Waals surface area contributed by atoms with Crippen molar-refractivity contribution in [3.05, 3.63) is 23.2 Å². The third-order valence-electron chi connectivity index (χ3n) is 20.2. The molecule has 7 rings (SSSR count). The van der Waals surface area contributed by atoms with E-state index in [0.717, 1.165) is 51.5 Å². The zero-order valence-corrected chi connectivity index (χ0v) is 44.2. The summed E-state index contributed by atoms with van der Waals surface area (Å²) in [6.45, 7) is 21.2. The minimum atomic E-state index is -0.745. The number of aliphatic hydroxyl groups excluding tert-OH is 1. The average Bonchev–Trinajstić information content (AvgIpc) is 3.82. The predicted molar refractivity (Wildman–Crippen MR) is 260 cm³/mol. The molecule has 4 unspecified atom stereocenters. The Labute approximate surface area is 411 Å². The summed E-state index contributed by atoms with van der Waals surface area (Å²) < 4.78 is 29.5. The Morgan fingerprint density at radius 3 is 1.72 bits per heavy atom. The van der Waals surface area contributed by atoms with E-state index in [4.69, 9.17) is 46.9 Å². The molecule has 67 heavy (non-hydrogen) atoms. The number of halogens is 2. The second kappa shape index (κ2) is 21.1. The van der Waals surface area contributed by atoms with Crippen molar-refractivity contribution in [3.8, 4) is 0 Å². The number of nitrogens with zero attached hydrogens (tertiary/aromatic N) is 1. The number of hydrogen-bond donors (Lipinski definition) is 2. The number of aliphatic hydroxyl groups is 1. The van der Waals surface area contributed by atoms with Crippen molar-refractivity contribution in [3.63, 3.8) is 0 Å². The molecular weight excluding hydrogens is 895 g/mol. The number of alkyl carbamates (subject to hydrolysis) is 1. The highest BCUT2D eigenvalue weighted by Crippen LogP contribution is 2.70. The zero-order valence-electron chi connectivity index (χ0n) is 42.7. The van der Waals surface area contributed by atoms with Crippen LogP contribution >= 0.6 is 23.2 Å². The summed E-state index contributed by atoms with van der Waals surface area (Å²) in [5, 5.41) is 14.1. The summed E-state index contributed by atoms with van der Waals surface area (Å²) in [4.78, 5) is 55.7. The standard InChI is InChI=1S/C31H49ClN2O6.C22H35ClO4/c1-19-10-15-34(6)17-22(19)27(36)33-28(37)40-24-16-29(4,13-14-32)26(39-18-38-7)21(3)31-11-8-20(2)30(24,5)25(31)23(35)9-12-31;1-14-6-8-22-9-7-16(24)18(22)21(14,4)17(25)12-20(3,10-11-23)19(15(22)2)27-13-26-5/h13-14,19-22,24-26H,8-12,15-18H2,1-7H3,(H,33,36,37);10-11,14-15,17-19,25H,6-9,12-13H2,1-5H3/t19-,20+,21-,22-,24+,25?,26-,29+,30-,31?;14-,15+,17-,18?,19+,20-,21+,22?/m01/s1. The number of methoxy groups -OCH3 is 2. The van der Waals surface area contributed by atoms with E-state index < -0.39 is 40.0 Å². The molecule has 0 spiro atoms. The van der Waals surface area contributed by atoms with Gasteiger partial charge in [-0.2, -0.15) is 0 Å². The number of rotatable bonds is 10. The topological polar surface area (TPSA) is 150 Å². The number of nitrogens with one attached hydrogen (secondary N) is 1. The van der Waals surface area contributed by atoms with Gasteiger partial charge in [-0.15, -0.1) is 0 Å². The highest BCUT2D eigenvalue weighted by atomic mass is 35.5. The molecule has 7 aliphatic rings. The van der Waals surface area contributed by atoms with E-state index in [9.17, 15) is 24.3 Å². The van der Waals surface area contributed by atoms with Crippen molar-refractivity contribution in [1.29, 1.82) is 0 Å². The molecule has 6 saturated carbocycles. The summed E-state index contributed by atoms with van der Waals surface area (Å²) in [5.74, 6) is 0.455. The monoisotopic (exact) mass is 979 g/mol. The van der Waals surface area contributed by atoms with Gasteiger partial charge in [-0.05, 0) is 112 Å². The van der Waals surface area contributed by atoms with Crippen LogP contribution in [-0.4, -0.2) is 106 Å². The van der Waals surface area contributed by atoms with Crippen LogP contribution in [0.1, 0.15) is 133 Å². The number of likely N-dealkylation sites (tertiary alicyclic amines) is 1. The first-order valence-electron chi connectivity index (χ1n) is 25.2. The molecule has 2 N–H and O–H groups in total. The van der Waals surface area contributed by atoms with Crippen LogP contribution in [0.25, 0.3) is 0 Å². The Bertz CT molecular complexity index is 1870. The van der Waals surface area contributed by atoms with Crippen molar-refractivity contribution in [2.24, 2.45) is 79.8 Å². The maximum atomic E-state index is 13.8. The van der Waals surface area contributed by atoms with Crippen LogP contribution in [0, 0.1) is 79.8 Å². The van der Waals surface area contributed by atoms with E-state index in [-0.39, 0.29) is 89.7 Å². The van der Waals surface area contributed by atoms with Crippen LogP contribution in [0.5, 0.6) is 0 Å². The molecule has 7 fully saturated rings. The highest BCUT2D eigenvalue weighted by Gasteiger charge is 2.70. The molecule has 14 heteroatoms. The second-order valence-corrected chi connectivity index (χ2v) is 24.0. The Morgan fingerprint density at radius 1 is 0.746 bits per heavy atom. The van der Waals surface area contributed by atoms with Gasteiger partial charge in [-0.1, -0.05) is 97.7 Å². The molecule has 12 nitrogen and oxygen atoms in total. The Kier molecular flexibility index (Phi) is 17.1. The fraction of sp³-hybridized carbons (Fsp3) is 0.849. The van der Waals surface area contributed by atoms with Gasteiger partial charge in [0.25, 0.3) is 0 Å². The molecule has 2 amide bonds. The molecule has 380 valence electrons. The Morgan fingerprint density at radius 2 is 1.22 bits per heavy atom. The van der Waals surface area contributed by atoms with Crippen LogP contribution in [0.3, 0.4) is 0 Å². The van der Waals surface area contributed by atoms with Crippen LogP contribution in [0.2, 0.25) is 0 Å². The molecular formula is C53H84Cl2N2O10. The number of piperidine rings is 1. The van der Waals surface area contributed by atoms with E-state index in [0.29, 0.717) is 43.9 Å². The molecule has 0 aromatic rings. The number of hydrogen-bond acceptors (Lipinski definition) is 11. The van der Waals surface area contributed by atoms with Crippen molar-refractivity contribution in [1.82, 2.24) is 10.2 Å². The molecule has 1 saturated heterocycles. The van der Waals surface area contributed by atoms with Crippen LogP contribution in [0.4, 0.5) is 4.79 Å². The summed E-state index contributed by atoms with van der Waals surface area (Å²) in [7, 11) is 5.21. The van der Waals surface area contributed by atoms with Crippen molar-refractivity contribution < 1.29 is 48.0 Å². The fourth-order valence-electron chi connectivity index (χ4n) is 15.9. The zero-order chi connectivity index (χ0) is 49.5. The van der Waals surface area contributed by atoms with Gasteiger partial charge in [0, 0.05) is 78.2 Å². The third kappa shape index (κ3) is 9.52. The molecule has 18 atom stereocenters. The van der Waals surface area contributed by atoms with Gasteiger partial charge in [0.2, 0.25) is 5.91 Å². The number of ketones is 2. The fourth-order valence-corrected chi connectivity index (χ4v) is 16.5. The van der Waals surface area contributed by atoms with Crippen molar-refractivity contribution >= 4 is 46.8 Å². The molecule has 1 aliphatic heterocycles. The van der Waals surface area contributed by atoms with Crippen LogP contribution in [0.15, 0.2) is 23.2 Å². The normalized spacial score (nSPS) is 46.7. The van der Waals surface area contributed by atoms with E-state index in [1.54, 1.807) is 19.8 Å². The lowest BCUT2D eigenvalue weighted by Crippen LogP contribution is -2.63. The van der Waals surface area contributed by atoms with E-state index in [1.807, 2.05) is 19.2 Å². The molecule has 6 aliphatic carbocycles. The van der Waals surface area contributed by atoms with Crippen LogP contribution in [-0.2, 0) is 38.1 Å². The smallest absolute Gasteiger partial charge is 0.414 e. The maximum Gasteiger partial charge on any atom is 0.414 e. The SMILES string of the molecule is COCO[C@H]1[C@H](C)C23CCC(=O)C2[C@@](C)([C@H](C)CC3)[C@H](O)C[C@@]1(C)C=CCl.COCO[C@H]1[C@H](C)C23CCC(=O)C2[C@@](C)([C@H](C)CC3)[C@H](OC(=O)NC(=O)[C@H]2CN(C)CC[C@@H]2C)C[C@@]1(C)C=CCl. The van der Waals surface area contributed by atoms with Crippen molar-refractivity contribution in [2.75, 3.05) is 47.9 Å². The minimum Gasteiger partial charge on any atom is -0.445 e. The first-order valence-corrected chi connectivity index (χ1v) is 26.1. The number of Topliss-reactive ketones (excluding diaryl/α,β-unsaturated/α-hetero) is 2. The number of imide groups is 1. The number of amides is 2. The number of carbonyl (C=O) groups is 4. The molecule has 0 radical (unpaired) electrons. The van der Waals surface area contributed by atoms with E-state index in [1.165, 1.54) is 5.54 Å². The van der Waals surface area contributed by atoms with Gasteiger partial charge in [-0.3, -0.25) is 19.7 Å². The Hall–Kier alpha value is -1.90. The van der Waals surface area contributed by atoms with Gasteiger partial charge >= 0.3 is 6.09 Å².